The van der Waals surface area contributed by atoms with Crippen LogP contribution in [0.5, 0.6) is 0 Å². The Morgan fingerprint density at radius 3 is 2.41 bits per heavy atom. The highest BCUT2D eigenvalue weighted by Crippen LogP contribution is 2.36. The normalized spacial score (nSPS) is 25.7. The second-order valence-electron chi connectivity index (χ2n) is 4.79. The summed E-state index contributed by atoms with van der Waals surface area (Å²) in [6.07, 6.45) is -3.22. The third-order valence-corrected chi connectivity index (χ3v) is 3.31. The second kappa shape index (κ2) is 4.33. The number of rotatable bonds is 3. The fourth-order valence-corrected chi connectivity index (χ4v) is 2.10. The fourth-order valence-electron chi connectivity index (χ4n) is 2.10. The molecule has 1 nitrogen and oxygen atoms in total. The Hall–Kier alpha value is -1.03. The smallest absolute Gasteiger partial charge is 0.307 e. The molecule has 1 aliphatic carbocycles. The Morgan fingerprint density at radius 1 is 1.29 bits per heavy atom. The molecule has 0 aromatic heterocycles. The molecule has 0 radical (unpaired) electrons. The molecular formula is C13H16F3N. The third kappa shape index (κ3) is 2.80. The first kappa shape index (κ1) is 12.4. The molecule has 3 atom stereocenters. The van der Waals surface area contributed by atoms with Gasteiger partial charge in [-0.15, -0.1) is 0 Å². The average molecular weight is 243 g/mol. The highest BCUT2D eigenvalue weighted by molar-refractivity contribution is 5.32. The van der Waals surface area contributed by atoms with E-state index in [2.05, 4.69) is 12.2 Å². The van der Waals surface area contributed by atoms with Gasteiger partial charge in [0.1, 0.15) is 0 Å². The van der Waals surface area contributed by atoms with E-state index in [0.717, 1.165) is 12.5 Å². The maximum Gasteiger partial charge on any atom is 0.416 e. The quantitative estimate of drug-likeness (QED) is 0.852. The first-order valence-electron chi connectivity index (χ1n) is 5.81. The van der Waals surface area contributed by atoms with Gasteiger partial charge in [0.2, 0.25) is 0 Å². The molecule has 1 N–H and O–H groups in total. The zero-order valence-corrected chi connectivity index (χ0v) is 9.88. The molecule has 94 valence electrons. The van der Waals surface area contributed by atoms with E-state index in [9.17, 15) is 13.2 Å². The predicted molar refractivity (Wildman–Crippen MR) is 60.6 cm³/mol. The van der Waals surface area contributed by atoms with Crippen molar-refractivity contribution in [3.05, 3.63) is 35.4 Å². The van der Waals surface area contributed by atoms with E-state index < -0.39 is 11.7 Å². The molecule has 0 spiro atoms. The second-order valence-corrected chi connectivity index (χ2v) is 4.79. The van der Waals surface area contributed by atoms with E-state index in [1.807, 2.05) is 0 Å². The number of benzene rings is 1. The van der Waals surface area contributed by atoms with Crippen molar-refractivity contribution in [2.45, 2.75) is 38.5 Å². The Labute approximate surface area is 99.0 Å². The van der Waals surface area contributed by atoms with Crippen molar-refractivity contribution < 1.29 is 13.2 Å². The highest BCUT2D eigenvalue weighted by atomic mass is 19.4. The van der Waals surface area contributed by atoms with Crippen LogP contribution in [0.2, 0.25) is 0 Å². The lowest BCUT2D eigenvalue weighted by atomic mass is 10.0. The van der Waals surface area contributed by atoms with E-state index in [4.69, 9.17) is 0 Å². The fraction of sp³-hybridized carbons (Fsp3) is 0.538. The van der Waals surface area contributed by atoms with Crippen molar-refractivity contribution in [1.82, 2.24) is 5.32 Å². The van der Waals surface area contributed by atoms with Crippen LogP contribution < -0.4 is 5.32 Å². The average Bonchev–Trinajstić information content (AvgIpc) is 2.93. The van der Waals surface area contributed by atoms with Crippen molar-refractivity contribution in [1.29, 1.82) is 0 Å². The number of hydrogen-bond donors (Lipinski definition) is 1. The number of halogens is 3. The first-order valence-corrected chi connectivity index (χ1v) is 5.81. The van der Waals surface area contributed by atoms with Crippen LogP contribution in [0.25, 0.3) is 0 Å². The van der Waals surface area contributed by atoms with Gasteiger partial charge >= 0.3 is 6.18 Å². The Kier molecular flexibility index (Phi) is 3.17. The topological polar surface area (TPSA) is 12.0 Å². The monoisotopic (exact) mass is 243 g/mol. The van der Waals surface area contributed by atoms with Crippen molar-refractivity contribution in [3.63, 3.8) is 0 Å². The molecule has 17 heavy (non-hydrogen) atoms. The molecule has 2 rings (SSSR count). The van der Waals surface area contributed by atoms with Crippen LogP contribution >= 0.6 is 0 Å². The van der Waals surface area contributed by atoms with E-state index >= 15 is 0 Å². The van der Waals surface area contributed by atoms with Gasteiger partial charge in [0, 0.05) is 12.1 Å². The summed E-state index contributed by atoms with van der Waals surface area (Å²) in [5, 5.41) is 3.23. The molecule has 1 aromatic carbocycles. The summed E-state index contributed by atoms with van der Waals surface area (Å²) in [6, 6.07) is 5.88. The third-order valence-electron chi connectivity index (χ3n) is 3.31. The Morgan fingerprint density at radius 2 is 1.88 bits per heavy atom. The van der Waals surface area contributed by atoms with Crippen LogP contribution in [0.1, 0.15) is 37.4 Å². The minimum Gasteiger partial charge on any atom is -0.307 e. The van der Waals surface area contributed by atoms with Gasteiger partial charge in [0.05, 0.1) is 5.56 Å². The van der Waals surface area contributed by atoms with Gasteiger partial charge < -0.3 is 5.32 Å². The lowest BCUT2D eigenvalue weighted by molar-refractivity contribution is -0.138. The summed E-state index contributed by atoms with van der Waals surface area (Å²) in [6.45, 7) is 3.88. The van der Waals surface area contributed by atoms with E-state index in [0.29, 0.717) is 17.5 Å². The van der Waals surface area contributed by atoms with Gasteiger partial charge in [-0.25, -0.2) is 0 Å². The number of hydrogen-bond acceptors (Lipinski definition) is 1. The van der Waals surface area contributed by atoms with Gasteiger partial charge in [-0.3, -0.25) is 0 Å². The van der Waals surface area contributed by atoms with Crippen LogP contribution in [0.15, 0.2) is 24.3 Å². The number of alkyl halides is 3. The van der Waals surface area contributed by atoms with E-state index in [-0.39, 0.29) is 6.04 Å². The molecule has 3 unspecified atom stereocenters. The minimum absolute atomic E-state index is 0.261. The lowest BCUT2D eigenvalue weighted by Crippen LogP contribution is -2.24. The first-order chi connectivity index (χ1) is 7.89. The maximum absolute atomic E-state index is 12.8. The van der Waals surface area contributed by atoms with Crippen LogP contribution in [0.3, 0.4) is 0 Å². The van der Waals surface area contributed by atoms with Crippen molar-refractivity contribution in [2.75, 3.05) is 0 Å². The molecule has 0 bridgehead atoms. The SMILES string of the molecule is CC(NC1CC1C)c1ccccc1C(F)(F)F. The molecule has 0 saturated heterocycles. The lowest BCUT2D eigenvalue weighted by Gasteiger charge is -2.19. The standard InChI is InChI=1S/C13H16F3N/c1-8-7-12(8)17-9(2)10-5-3-4-6-11(10)13(14,15)16/h3-6,8-9,12,17H,7H2,1-2H3. The Balaban J connectivity index is 2.19. The van der Waals surface area contributed by atoms with Gasteiger partial charge in [-0.05, 0) is 30.9 Å². The Bertz CT molecular complexity index is 400. The largest absolute Gasteiger partial charge is 0.416 e. The summed E-state index contributed by atoms with van der Waals surface area (Å²) >= 11 is 0. The van der Waals surface area contributed by atoms with Gasteiger partial charge in [0.25, 0.3) is 0 Å². The molecule has 1 saturated carbocycles. The zero-order valence-electron chi connectivity index (χ0n) is 9.88. The van der Waals surface area contributed by atoms with Gasteiger partial charge in [-0.1, -0.05) is 25.1 Å². The van der Waals surface area contributed by atoms with Gasteiger partial charge in [-0.2, -0.15) is 13.2 Å². The van der Waals surface area contributed by atoms with Crippen LogP contribution in [-0.2, 0) is 6.18 Å². The van der Waals surface area contributed by atoms with Crippen molar-refractivity contribution in [2.24, 2.45) is 5.92 Å². The summed E-state index contributed by atoms with van der Waals surface area (Å²) in [5.74, 6) is 0.579. The molecular weight excluding hydrogens is 227 g/mol. The van der Waals surface area contributed by atoms with E-state index in [1.54, 1.807) is 19.1 Å². The zero-order chi connectivity index (χ0) is 12.6. The van der Waals surface area contributed by atoms with E-state index in [1.165, 1.54) is 6.07 Å². The molecule has 0 aliphatic heterocycles. The molecule has 4 heteroatoms. The molecule has 0 heterocycles. The molecule has 1 fully saturated rings. The summed E-state index contributed by atoms with van der Waals surface area (Å²) < 4.78 is 38.4. The van der Waals surface area contributed by atoms with Crippen LogP contribution in [0, 0.1) is 5.92 Å². The number of nitrogens with one attached hydrogen (secondary N) is 1. The molecule has 1 aliphatic rings. The molecule has 1 aromatic rings. The van der Waals surface area contributed by atoms with Gasteiger partial charge in [0.15, 0.2) is 0 Å². The summed E-state index contributed by atoms with van der Waals surface area (Å²) in [7, 11) is 0. The minimum atomic E-state index is -4.28. The van der Waals surface area contributed by atoms with Crippen LogP contribution in [0.4, 0.5) is 13.2 Å². The summed E-state index contributed by atoms with van der Waals surface area (Å²) in [5.41, 5.74) is -0.201. The van der Waals surface area contributed by atoms with Crippen molar-refractivity contribution in [3.8, 4) is 0 Å². The van der Waals surface area contributed by atoms with Crippen molar-refractivity contribution >= 4 is 0 Å². The highest BCUT2D eigenvalue weighted by Gasteiger charge is 2.37. The summed E-state index contributed by atoms with van der Waals surface area (Å²) in [4.78, 5) is 0. The predicted octanol–water partition coefficient (Wildman–Crippen LogP) is 3.76. The van der Waals surface area contributed by atoms with Crippen LogP contribution in [-0.4, -0.2) is 6.04 Å². The molecule has 0 amide bonds. The maximum atomic E-state index is 12.8.